The number of fused-ring (bicyclic) bond motifs is 1. The van der Waals surface area contributed by atoms with Crippen LogP contribution in [0.3, 0.4) is 0 Å². The summed E-state index contributed by atoms with van der Waals surface area (Å²) in [6.45, 7) is 0. The lowest BCUT2D eigenvalue weighted by molar-refractivity contribution is -0.137. The van der Waals surface area contributed by atoms with Gasteiger partial charge in [0.05, 0.1) is 16.8 Å². The number of anilines is 3. The highest BCUT2D eigenvalue weighted by atomic mass is 19.4. The van der Waals surface area contributed by atoms with Crippen molar-refractivity contribution in [1.82, 2.24) is 4.98 Å². The van der Waals surface area contributed by atoms with E-state index in [-0.39, 0.29) is 11.6 Å². The summed E-state index contributed by atoms with van der Waals surface area (Å²) in [5, 5.41) is 8.18. The summed E-state index contributed by atoms with van der Waals surface area (Å²) in [5.41, 5.74) is 5.07. The third-order valence-corrected chi connectivity index (χ3v) is 6.02. The van der Waals surface area contributed by atoms with E-state index < -0.39 is 11.7 Å². The van der Waals surface area contributed by atoms with Crippen LogP contribution >= 0.6 is 0 Å². The Morgan fingerprint density at radius 1 is 0.943 bits per heavy atom. The van der Waals surface area contributed by atoms with Gasteiger partial charge in [0.1, 0.15) is 0 Å². The monoisotopic (exact) mass is 476 g/mol. The highest BCUT2D eigenvalue weighted by Gasteiger charge is 2.30. The van der Waals surface area contributed by atoms with Crippen molar-refractivity contribution in [2.75, 3.05) is 24.3 Å². The number of hydrogen-bond donors (Lipinski definition) is 1. The molecule has 0 bridgehead atoms. The van der Waals surface area contributed by atoms with Crippen molar-refractivity contribution in [2.45, 2.75) is 18.7 Å². The van der Waals surface area contributed by atoms with Crippen LogP contribution in [-0.2, 0) is 11.0 Å². The molecule has 0 fully saturated rings. The highest BCUT2D eigenvalue weighted by molar-refractivity contribution is 6.01. The van der Waals surface area contributed by atoms with Gasteiger partial charge in [-0.15, -0.1) is 0 Å². The van der Waals surface area contributed by atoms with Crippen molar-refractivity contribution in [1.29, 1.82) is 0 Å². The maximum atomic E-state index is 13.0. The number of rotatable bonds is 5. The van der Waals surface area contributed by atoms with Crippen LogP contribution in [0.1, 0.15) is 29.2 Å². The molecule has 178 valence electrons. The molecule has 3 aromatic carbocycles. The maximum absolute atomic E-state index is 13.0. The molecular formula is C27H23F3N4O. The van der Waals surface area contributed by atoms with Crippen LogP contribution < -0.4 is 10.2 Å². The number of hydrogen-bond acceptors (Lipinski definition) is 5. The van der Waals surface area contributed by atoms with Crippen LogP contribution in [0.2, 0.25) is 0 Å². The molecule has 0 saturated carbocycles. The van der Waals surface area contributed by atoms with E-state index in [4.69, 9.17) is 4.84 Å². The van der Waals surface area contributed by atoms with Crippen molar-refractivity contribution in [2.24, 2.45) is 5.16 Å². The van der Waals surface area contributed by atoms with Gasteiger partial charge >= 0.3 is 6.18 Å². The molecule has 35 heavy (non-hydrogen) atoms. The molecule has 4 aromatic rings. The molecule has 1 aliphatic rings. The van der Waals surface area contributed by atoms with Gasteiger partial charge in [0, 0.05) is 49.2 Å². The zero-order chi connectivity index (χ0) is 24.6. The second-order valence-corrected chi connectivity index (χ2v) is 8.61. The number of benzene rings is 3. The number of oxime groups is 1. The molecule has 0 amide bonds. The normalized spacial score (nSPS) is 15.6. The Bertz CT molecular complexity index is 1380. The summed E-state index contributed by atoms with van der Waals surface area (Å²) < 4.78 is 39.1. The van der Waals surface area contributed by atoms with E-state index in [1.165, 1.54) is 12.3 Å². The van der Waals surface area contributed by atoms with Crippen LogP contribution in [0, 0.1) is 0 Å². The number of nitrogens with one attached hydrogen (secondary N) is 1. The molecule has 1 aromatic heterocycles. The van der Waals surface area contributed by atoms with Crippen LogP contribution in [-0.4, -0.2) is 24.8 Å². The van der Waals surface area contributed by atoms with E-state index in [9.17, 15) is 13.2 Å². The fraction of sp³-hybridized carbons (Fsp3) is 0.185. The fourth-order valence-corrected chi connectivity index (χ4v) is 4.05. The molecule has 8 heteroatoms. The molecule has 5 nitrogen and oxygen atoms in total. The van der Waals surface area contributed by atoms with Crippen LogP contribution in [0.15, 0.2) is 84.1 Å². The Balaban J connectivity index is 1.29. The van der Waals surface area contributed by atoms with Gasteiger partial charge in [-0.05, 0) is 53.6 Å². The second kappa shape index (κ2) is 8.94. The lowest BCUT2D eigenvalue weighted by Gasteiger charge is -2.14. The molecular weight excluding hydrogens is 453 g/mol. The molecule has 0 aliphatic carbocycles. The molecule has 1 atom stereocenters. The van der Waals surface area contributed by atoms with Crippen molar-refractivity contribution in [3.8, 4) is 0 Å². The fourth-order valence-electron chi connectivity index (χ4n) is 4.05. The summed E-state index contributed by atoms with van der Waals surface area (Å²) in [7, 11) is 4.00. The first-order valence-corrected chi connectivity index (χ1v) is 11.1. The van der Waals surface area contributed by atoms with E-state index >= 15 is 0 Å². The summed E-state index contributed by atoms with van der Waals surface area (Å²) in [5.74, 6) is 0. The average molecular weight is 477 g/mol. The highest BCUT2D eigenvalue weighted by Crippen LogP contribution is 2.34. The predicted octanol–water partition coefficient (Wildman–Crippen LogP) is 6.93. The minimum atomic E-state index is -4.41. The van der Waals surface area contributed by atoms with Gasteiger partial charge in [0.25, 0.3) is 0 Å². The lowest BCUT2D eigenvalue weighted by atomic mass is 10.00. The van der Waals surface area contributed by atoms with Crippen LogP contribution in [0.25, 0.3) is 10.9 Å². The number of pyridine rings is 1. The van der Waals surface area contributed by atoms with Crippen molar-refractivity contribution in [3.05, 3.63) is 95.7 Å². The molecule has 5 rings (SSSR count). The van der Waals surface area contributed by atoms with Crippen molar-refractivity contribution in [3.63, 3.8) is 0 Å². The maximum Gasteiger partial charge on any atom is 0.416 e. The smallest absolute Gasteiger partial charge is 0.387 e. The first kappa shape index (κ1) is 22.7. The van der Waals surface area contributed by atoms with Gasteiger partial charge in [-0.1, -0.05) is 35.5 Å². The van der Waals surface area contributed by atoms with Gasteiger partial charge in [-0.2, -0.15) is 13.2 Å². The Labute approximate surface area is 200 Å². The molecule has 1 N–H and O–H groups in total. The van der Waals surface area contributed by atoms with E-state index in [1.807, 2.05) is 43.3 Å². The summed E-state index contributed by atoms with van der Waals surface area (Å²) in [4.78, 5) is 11.8. The number of nitrogens with zero attached hydrogens (tertiary/aromatic N) is 3. The minimum Gasteiger partial charge on any atom is -0.387 e. The molecule has 0 spiro atoms. The van der Waals surface area contributed by atoms with E-state index in [0.717, 1.165) is 40.3 Å². The van der Waals surface area contributed by atoms with Gasteiger partial charge in [0.15, 0.2) is 6.10 Å². The van der Waals surface area contributed by atoms with E-state index in [1.54, 1.807) is 6.07 Å². The largest absolute Gasteiger partial charge is 0.416 e. The molecule has 2 heterocycles. The van der Waals surface area contributed by atoms with Crippen molar-refractivity contribution >= 4 is 33.7 Å². The zero-order valence-corrected chi connectivity index (χ0v) is 19.2. The van der Waals surface area contributed by atoms with Gasteiger partial charge in [-0.3, -0.25) is 4.98 Å². The summed E-state index contributed by atoms with van der Waals surface area (Å²) >= 11 is 0. The number of aromatic nitrogens is 1. The third kappa shape index (κ3) is 4.77. The second-order valence-electron chi connectivity index (χ2n) is 8.61. The molecule has 1 aliphatic heterocycles. The number of halogens is 3. The van der Waals surface area contributed by atoms with Gasteiger partial charge in [-0.25, -0.2) is 0 Å². The summed E-state index contributed by atoms with van der Waals surface area (Å²) in [6, 6.07) is 21.3. The molecule has 0 radical (unpaired) electrons. The quantitative estimate of drug-likeness (QED) is 0.339. The van der Waals surface area contributed by atoms with Crippen LogP contribution in [0.5, 0.6) is 0 Å². The van der Waals surface area contributed by atoms with Crippen LogP contribution in [0.4, 0.5) is 30.2 Å². The van der Waals surface area contributed by atoms with E-state index in [2.05, 4.69) is 39.7 Å². The van der Waals surface area contributed by atoms with Crippen molar-refractivity contribution < 1.29 is 18.0 Å². The SMILES string of the molecule is CN(C)c1ccc(C2CC(c3ccc(Nc4ccnc5cc(C(F)(F)F)ccc45)cc3)=NO2)cc1. The summed E-state index contributed by atoms with van der Waals surface area (Å²) in [6.07, 6.45) is -2.36. The topological polar surface area (TPSA) is 49.8 Å². The minimum absolute atomic E-state index is 0.121. The first-order chi connectivity index (χ1) is 16.8. The first-order valence-electron chi connectivity index (χ1n) is 11.1. The Kier molecular flexibility index (Phi) is 5.80. The average Bonchev–Trinajstić information content (AvgIpc) is 3.34. The molecule has 1 unspecified atom stereocenters. The molecule has 0 saturated heterocycles. The zero-order valence-electron chi connectivity index (χ0n) is 19.2. The van der Waals surface area contributed by atoms with E-state index in [0.29, 0.717) is 17.5 Å². The Morgan fingerprint density at radius 2 is 1.69 bits per heavy atom. The lowest BCUT2D eigenvalue weighted by Crippen LogP contribution is -2.08. The Hall–Kier alpha value is -4.07. The number of alkyl halides is 3. The standard InChI is InChI=1S/C27H23F3N4O/c1-34(2)21-10-5-18(6-11-21)26-16-24(33-35-26)17-3-8-20(9-4-17)32-23-13-14-31-25-15-19(27(28,29)30)7-12-22(23)25/h3-15,26H,16H2,1-2H3,(H,31,32). The Morgan fingerprint density at radius 3 is 2.37 bits per heavy atom. The third-order valence-electron chi connectivity index (χ3n) is 6.02. The van der Waals surface area contributed by atoms with Gasteiger partial charge < -0.3 is 15.1 Å². The predicted molar refractivity (Wildman–Crippen MR) is 132 cm³/mol. The van der Waals surface area contributed by atoms with Gasteiger partial charge in [0.2, 0.25) is 0 Å².